The zero-order chi connectivity index (χ0) is 21.6. The fraction of sp³-hybridized carbons (Fsp3) is 0.292. The maximum absolute atomic E-state index is 13.0. The molecule has 31 heavy (non-hydrogen) atoms. The first kappa shape index (κ1) is 20.7. The van der Waals surface area contributed by atoms with E-state index >= 15 is 0 Å². The van der Waals surface area contributed by atoms with Gasteiger partial charge in [0.25, 0.3) is 0 Å². The molecule has 0 aliphatic carbocycles. The molecule has 2 atom stereocenters. The molecule has 3 aromatic rings. The molecular weight excluding hydrogens is 394 g/mol. The fourth-order valence-electron chi connectivity index (χ4n) is 3.98. The molecular formula is C24H25N3O4. The first-order valence-electron chi connectivity index (χ1n) is 10.3. The Hall–Kier alpha value is -3.61. The van der Waals surface area contributed by atoms with Crippen LogP contribution in [0.3, 0.4) is 0 Å². The van der Waals surface area contributed by atoms with Gasteiger partial charge < -0.3 is 14.4 Å². The number of aromatic nitrogens is 2. The number of carbonyl (C=O) groups excluding carboxylic acids is 2. The lowest BCUT2D eigenvalue weighted by atomic mass is 9.91. The summed E-state index contributed by atoms with van der Waals surface area (Å²) in [4.78, 5) is 26.5. The van der Waals surface area contributed by atoms with Crippen LogP contribution in [-0.2, 0) is 16.1 Å². The van der Waals surface area contributed by atoms with Gasteiger partial charge in [-0.3, -0.25) is 4.68 Å². The van der Waals surface area contributed by atoms with Crippen LogP contribution in [0.25, 0.3) is 0 Å². The number of ether oxygens (including phenoxy) is 2. The van der Waals surface area contributed by atoms with E-state index in [1.807, 2.05) is 59.4 Å². The average Bonchev–Trinajstić information content (AvgIpc) is 3.37. The van der Waals surface area contributed by atoms with Crippen LogP contribution in [0.5, 0.6) is 0 Å². The molecule has 160 valence electrons. The van der Waals surface area contributed by atoms with Gasteiger partial charge >= 0.3 is 12.1 Å². The number of nitrogens with zero attached hydrogens (tertiary/aromatic N) is 3. The maximum Gasteiger partial charge on any atom is 0.410 e. The highest BCUT2D eigenvalue weighted by molar-refractivity contribution is 5.89. The lowest BCUT2D eigenvalue weighted by Gasteiger charge is -2.39. The first-order chi connectivity index (χ1) is 15.2. The minimum Gasteiger partial charge on any atom is -0.465 e. The fourth-order valence-corrected chi connectivity index (χ4v) is 3.98. The number of benzene rings is 2. The van der Waals surface area contributed by atoms with Crippen molar-refractivity contribution >= 4 is 12.1 Å². The number of esters is 1. The normalized spacial score (nSPS) is 18.4. The van der Waals surface area contributed by atoms with Gasteiger partial charge in [-0.1, -0.05) is 42.5 Å². The van der Waals surface area contributed by atoms with E-state index in [0.29, 0.717) is 18.5 Å². The lowest BCUT2D eigenvalue weighted by Crippen LogP contribution is -2.42. The predicted octanol–water partition coefficient (Wildman–Crippen LogP) is 4.38. The second-order valence-corrected chi connectivity index (χ2v) is 7.53. The van der Waals surface area contributed by atoms with Crippen LogP contribution in [-0.4, -0.2) is 40.4 Å². The van der Waals surface area contributed by atoms with Crippen molar-refractivity contribution in [1.82, 2.24) is 14.7 Å². The molecule has 2 aromatic carbocycles. The van der Waals surface area contributed by atoms with E-state index in [4.69, 9.17) is 9.47 Å². The zero-order valence-electron chi connectivity index (χ0n) is 17.4. The quantitative estimate of drug-likeness (QED) is 0.574. The van der Waals surface area contributed by atoms with Gasteiger partial charge in [0.15, 0.2) is 0 Å². The second kappa shape index (κ2) is 9.47. The molecule has 1 fully saturated rings. The van der Waals surface area contributed by atoms with Gasteiger partial charge in [0, 0.05) is 18.9 Å². The molecule has 0 radical (unpaired) electrons. The van der Waals surface area contributed by atoms with Crippen LogP contribution in [0, 0.1) is 0 Å². The van der Waals surface area contributed by atoms with Gasteiger partial charge in [0.2, 0.25) is 0 Å². The van der Waals surface area contributed by atoms with Crippen LogP contribution < -0.4 is 0 Å². The molecule has 0 spiro atoms. The van der Waals surface area contributed by atoms with Crippen LogP contribution in [0.1, 0.15) is 46.4 Å². The highest BCUT2D eigenvalue weighted by Gasteiger charge is 2.34. The summed E-state index contributed by atoms with van der Waals surface area (Å²) in [6.45, 7) is 0.786. The Bertz CT molecular complexity index is 1000. The number of amides is 1. The van der Waals surface area contributed by atoms with Crippen molar-refractivity contribution < 1.29 is 19.1 Å². The van der Waals surface area contributed by atoms with E-state index in [-0.39, 0.29) is 30.8 Å². The molecule has 7 heteroatoms. The second-order valence-electron chi connectivity index (χ2n) is 7.53. The number of hydrogen-bond acceptors (Lipinski definition) is 5. The Balaban J connectivity index is 1.54. The maximum atomic E-state index is 13.0. The largest absolute Gasteiger partial charge is 0.465 e. The average molecular weight is 419 g/mol. The van der Waals surface area contributed by atoms with E-state index < -0.39 is 0 Å². The van der Waals surface area contributed by atoms with Gasteiger partial charge in [-0.25, -0.2) is 9.59 Å². The summed E-state index contributed by atoms with van der Waals surface area (Å²) < 4.78 is 12.3. The molecule has 0 unspecified atom stereocenters. The van der Waals surface area contributed by atoms with Crippen LogP contribution >= 0.6 is 0 Å². The van der Waals surface area contributed by atoms with Crippen molar-refractivity contribution in [2.75, 3.05) is 13.7 Å². The topological polar surface area (TPSA) is 73.7 Å². The third kappa shape index (κ3) is 4.77. The summed E-state index contributed by atoms with van der Waals surface area (Å²) in [5, 5.41) is 4.38. The van der Waals surface area contributed by atoms with E-state index in [0.717, 1.165) is 17.5 Å². The molecule has 0 saturated carbocycles. The summed E-state index contributed by atoms with van der Waals surface area (Å²) in [6.07, 6.45) is 4.87. The Morgan fingerprint density at radius 1 is 1.06 bits per heavy atom. The number of rotatable bonds is 5. The molecule has 1 aliphatic heterocycles. The predicted molar refractivity (Wildman–Crippen MR) is 114 cm³/mol. The molecule has 1 amide bonds. The molecule has 0 N–H and O–H groups in total. The van der Waals surface area contributed by atoms with Crippen LogP contribution in [0.2, 0.25) is 0 Å². The molecule has 1 aromatic heterocycles. The standard InChI is InChI=1S/C24H25N3O4/c1-30-23(28)20-10-8-19(9-11-20)22-16-21(27-14-5-13-25-27)12-15-26(22)24(29)31-17-18-6-3-2-4-7-18/h2-11,13-14,21-22H,12,15-17H2,1H3/t21-,22-/m0/s1. The van der Waals surface area contributed by atoms with E-state index in [1.165, 1.54) is 7.11 Å². The Kier molecular flexibility index (Phi) is 6.31. The van der Waals surface area contributed by atoms with Crippen LogP contribution in [0.15, 0.2) is 73.1 Å². The Morgan fingerprint density at radius 3 is 2.52 bits per heavy atom. The summed E-state index contributed by atoms with van der Waals surface area (Å²) >= 11 is 0. The smallest absolute Gasteiger partial charge is 0.410 e. The number of carbonyl (C=O) groups is 2. The minimum atomic E-state index is -0.385. The monoisotopic (exact) mass is 419 g/mol. The zero-order valence-corrected chi connectivity index (χ0v) is 17.4. The van der Waals surface area contributed by atoms with Gasteiger partial charge in [-0.15, -0.1) is 0 Å². The lowest BCUT2D eigenvalue weighted by molar-refractivity contribution is 0.0561. The minimum absolute atomic E-state index is 0.179. The van der Waals surface area contributed by atoms with E-state index in [2.05, 4.69) is 5.10 Å². The van der Waals surface area contributed by atoms with Crippen molar-refractivity contribution in [1.29, 1.82) is 0 Å². The first-order valence-corrected chi connectivity index (χ1v) is 10.3. The third-order valence-electron chi connectivity index (χ3n) is 5.63. The molecule has 2 heterocycles. The summed E-state index contributed by atoms with van der Waals surface area (Å²) in [5.41, 5.74) is 2.37. The third-order valence-corrected chi connectivity index (χ3v) is 5.63. The SMILES string of the molecule is COC(=O)c1ccc([C@@H]2C[C@@H](n3cccn3)CCN2C(=O)OCc2ccccc2)cc1. The molecule has 1 aliphatic rings. The van der Waals surface area contributed by atoms with Crippen molar-refractivity contribution in [2.24, 2.45) is 0 Å². The van der Waals surface area contributed by atoms with Crippen LogP contribution in [0.4, 0.5) is 4.79 Å². The van der Waals surface area contributed by atoms with Gasteiger partial charge in [0.05, 0.1) is 24.8 Å². The van der Waals surface area contributed by atoms with E-state index in [1.54, 1.807) is 23.2 Å². The number of hydrogen-bond donors (Lipinski definition) is 0. The highest BCUT2D eigenvalue weighted by atomic mass is 16.6. The Labute approximate surface area is 181 Å². The molecule has 4 rings (SSSR count). The van der Waals surface area contributed by atoms with Crippen molar-refractivity contribution in [3.63, 3.8) is 0 Å². The van der Waals surface area contributed by atoms with Gasteiger partial charge in [0.1, 0.15) is 6.61 Å². The molecule has 0 bridgehead atoms. The van der Waals surface area contributed by atoms with E-state index in [9.17, 15) is 9.59 Å². The number of piperidine rings is 1. The molecule has 7 nitrogen and oxygen atoms in total. The van der Waals surface area contributed by atoms with Gasteiger partial charge in [-0.05, 0) is 42.2 Å². The van der Waals surface area contributed by atoms with Crippen molar-refractivity contribution in [3.05, 3.63) is 89.7 Å². The number of likely N-dealkylation sites (tertiary alicyclic amines) is 1. The summed E-state index contributed by atoms with van der Waals surface area (Å²) in [7, 11) is 1.36. The summed E-state index contributed by atoms with van der Waals surface area (Å²) in [6, 6.07) is 18.7. The van der Waals surface area contributed by atoms with Crippen molar-refractivity contribution in [3.8, 4) is 0 Å². The van der Waals surface area contributed by atoms with Gasteiger partial charge in [-0.2, -0.15) is 5.10 Å². The molecule has 1 saturated heterocycles. The Morgan fingerprint density at radius 2 is 1.84 bits per heavy atom. The number of methoxy groups -OCH3 is 1. The highest BCUT2D eigenvalue weighted by Crippen LogP contribution is 2.37. The summed E-state index contributed by atoms with van der Waals surface area (Å²) in [5.74, 6) is -0.385. The van der Waals surface area contributed by atoms with Crippen molar-refractivity contribution in [2.45, 2.75) is 31.5 Å².